The first-order chi connectivity index (χ1) is 11.2. The molecule has 0 aromatic heterocycles. The van der Waals surface area contributed by atoms with Gasteiger partial charge in [0.2, 0.25) is 5.91 Å². The van der Waals surface area contributed by atoms with Crippen LogP contribution in [0.1, 0.15) is 12.0 Å². The lowest BCUT2D eigenvalue weighted by molar-refractivity contribution is -0.122. The molecular weight excluding hydrogens is 360 g/mol. The number of amides is 1. The van der Waals surface area contributed by atoms with Crippen molar-refractivity contribution in [3.63, 3.8) is 0 Å². The van der Waals surface area contributed by atoms with Gasteiger partial charge >= 0.3 is 0 Å². The number of nitrogens with one attached hydrogen (secondary N) is 1. The maximum absolute atomic E-state index is 11.8. The van der Waals surface area contributed by atoms with Crippen molar-refractivity contribution >= 4 is 52.6 Å². The zero-order valence-corrected chi connectivity index (χ0v) is 16.3. The van der Waals surface area contributed by atoms with Crippen molar-refractivity contribution in [2.24, 2.45) is 5.73 Å². The Bertz CT molecular complexity index is 634. The highest BCUT2D eigenvalue weighted by molar-refractivity contribution is 7.98. The number of hydrogen-bond acceptors (Lipinski definition) is 4. The summed E-state index contributed by atoms with van der Waals surface area (Å²) in [6.45, 7) is 0.668. The number of thioether (sulfide) groups is 2. The summed E-state index contributed by atoms with van der Waals surface area (Å²) in [6.07, 6.45) is 2.75. The van der Waals surface area contributed by atoms with Crippen LogP contribution in [0.5, 0.6) is 0 Å². The molecule has 6 heteroatoms. The van der Waals surface area contributed by atoms with Crippen LogP contribution in [-0.2, 0) is 10.5 Å². The molecule has 132 valence electrons. The summed E-state index contributed by atoms with van der Waals surface area (Å²) in [6, 6.07) is 14.5. The van der Waals surface area contributed by atoms with Gasteiger partial charge < -0.3 is 11.1 Å². The summed E-state index contributed by atoms with van der Waals surface area (Å²) in [5.41, 5.74) is 7.18. The first kappa shape index (κ1) is 21.2. The first-order valence-corrected chi connectivity index (χ1v) is 10.3. The quantitative estimate of drug-likeness (QED) is 0.647. The highest BCUT2D eigenvalue weighted by Crippen LogP contribution is 2.22. The van der Waals surface area contributed by atoms with Crippen LogP contribution >= 0.6 is 35.9 Å². The molecule has 0 unspecified atom stereocenters. The standard InChI is InChI=1S/C18H24N2OS2.ClH/c1-22-11-9-17(19)18(21)20-10-12-23-13-15-7-4-6-14-5-2-3-8-16(14)15;/h2-8,17H,9-13,19H2,1H3,(H,20,21);1H/t17-;/m0./s1. The highest BCUT2D eigenvalue weighted by atomic mass is 35.5. The van der Waals surface area contributed by atoms with Gasteiger partial charge in [0.1, 0.15) is 0 Å². The minimum Gasteiger partial charge on any atom is -0.354 e. The molecule has 0 saturated carbocycles. The lowest BCUT2D eigenvalue weighted by atomic mass is 10.1. The van der Waals surface area contributed by atoms with E-state index in [0.29, 0.717) is 6.54 Å². The molecule has 1 atom stereocenters. The fourth-order valence-electron chi connectivity index (χ4n) is 2.35. The van der Waals surface area contributed by atoms with Gasteiger partial charge in [0.05, 0.1) is 6.04 Å². The molecular formula is C18H25ClN2OS2. The van der Waals surface area contributed by atoms with E-state index in [2.05, 4.69) is 47.8 Å². The maximum Gasteiger partial charge on any atom is 0.236 e. The molecule has 0 heterocycles. The number of rotatable bonds is 9. The third-order valence-electron chi connectivity index (χ3n) is 3.65. The lowest BCUT2D eigenvalue weighted by Crippen LogP contribution is -2.41. The van der Waals surface area contributed by atoms with Gasteiger partial charge in [0.15, 0.2) is 0 Å². The van der Waals surface area contributed by atoms with E-state index in [0.717, 1.165) is 23.7 Å². The molecule has 0 spiro atoms. The SMILES string of the molecule is CSCC[C@H](N)C(=O)NCCSCc1cccc2ccccc12.Cl. The van der Waals surface area contributed by atoms with Gasteiger partial charge in [-0.15, -0.1) is 12.4 Å². The van der Waals surface area contributed by atoms with Crippen molar-refractivity contribution in [3.05, 3.63) is 48.0 Å². The van der Waals surface area contributed by atoms with Crippen molar-refractivity contribution in [1.29, 1.82) is 0 Å². The molecule has 2 aromatic rings. The Hall–Kier alpha value is -0.880. The second-order valence-electron chi connectivity index (χ2n) is 5.37. The fourth-order valence-corrected chi connectivity index (χ4v) is 3.71. The number of hydrogen-bond donors (Lipinski definition) is 2. The largest absolute Gasteiger partial charge is 0.354 e. The molecule has 0 radical (unpaired) electrons. The van der Waals surface area contributed by atoms with E-state index < -0.39 is 0 Å². The maximum atomic E-state index is 11.8. The predicted octanol–water partition coefficient (Wildman–Crippen LogP) is 3.69. The average molecular weight is 385 g/mol. The van der Waals surface area contributed by atoms with Crippen molar-refractivity contribution in [2.45, 2.75) is 18.2 Å². The van der Waals surface area contributed by atoms with Gasteiger partial charge in [0.25, 0.3) is 0 Å². The summed E-state index contributed by atoms with van der Waals surface area (Å²) < 4.78 is 0. The summed E-state index contributed by atoms with van der Waals surface area (Å²) in [4.78, 5) is 11.8. The summed E-state index contributed by atoms with van der Waals surface area (Å²) >= 11 is 3.55. The fraction of sp³-hybridized carbons (Fsp3) is 0.389. The van der Waals surface area contributed by atoms with Crippen molar-refractivity contribution in [2.75, 3.05) is 24.3 Å². The average Bonchev–Trinajstić information content (AvgIpc) is 2.59. The minimum absolute atomic E-state index is 0. The number of carbonyl (C=O) groups is 1. The van der Waals surface area contributed by atoms with Gasteiger partial charge in [-0.05, 0) is 34.8 Å². The Morgan fingerprint density at radius 2 is 1.92 bits per heavy atom. The predicted molar refractivity (Wildman–Crippen MR) is 111 cm³/mol. The Balaban J connectivity index is 0.00000288. The Morgan fingerprint density at radius 1 is 1.17 bits per heavy atom. The van der Waals surface area contributed by atoms with E-state index in [1.165, 1.54) is 16.3 Å². The molecule has 0 aliphatic heterocycles. The van der Waals surface area contributed by atoms with Gasteiger partial charge in [-0.25, -0.2) is 0 Å². The van der Waals surface area contributed by atoms with Crippen LogP contribution in [0.25, 0.3) is 10.8 Å². The minimum atomic E-state index is -0.384. The molecule has 0 aliphatic rings. The van der Waals surface area contributed by atoms with Crippen LogP contribution in [0.15, 0.2) is 42.5 Å². The third kappa shape index (κ3) is 6.55. The second kappa shape index (κ2) is 11.6. The Labute approximate surface area is 158 Å². The van der Waals surface area contributed by atoms with E-state index in [-0.39, 0.29) is 24.4 Å². The van der Waals surface area contributed by atoms with E-state index in [9.17, 15) is 4.79 Å². The van der Waals surface area contributed by atoms with E-state index in [4.69, 9.17) is 5.73 Å². The van der Waals surface area contributed by atoms with E-state index >= 15 is 0 Å². The molecule has 0 fully saturated rings. The molecule has 2 rings (SSSR count). The zero-order chi connectivity index (χ0) is 16.5. The van der Waals surface area contributed by atoms with Crippen LogP contribution in [0.4, 0.5) is 0 Å². The Morgan fingerprint density at radius 3 is 2.71 bits per heavy atom. The zero-order valence-electron chi connectivity index (χ0n) is 13.9. The number of carbonyl (C=O) groups excluding carboxylic acids is 1. The Kier molecular flexibility index (Phi) is 10.3. The molecule has 24 heavy (non-hydrogen) atoms. The number of halogens is 1. The molecule has 0 aliphatic carbocycles. The van der Waals surface area contributed by atoms with Crippen LogP contribution in [0.3, 0.4) is 0 Å². The summed E-state index contributed by atoms with van der Waals surface area (Å²) in [7, 11) is 0. The van der Waals surface area contributed by atoms with Crippen molar-refractivity contribution < 1.29 is 4.79 Å². The molecule has 0 saturated heterocycles. The summed E-state index contributed by atoms with van der Waals surface area (Å²) in [5.74, 6) is 2.73. The highest BCUT2D eigenvalue weighted by Gasteiger charge is 2.11. The van der Waals surface area contributed by atoms with Crippen molar-refractivity contribution in [1.82, 2.24) is 5.32 Å². The molecule has 2 aromatic carbocycles. The first-order valence-electron chi connectivity index (χ1n) is 7.79. The van der Waals surface area contributed by atoms with E-state index in [1.54, 1.807) is 11.8 Å². The van der Waals surface area contributed by atoms with E-state index in [1.807, 2.05) is 18.0 Å². The second-order valence-corrected chi connectivity index (χ2v) is 7.46. The van der Waals surface area contributed by atoms with Crippen molar-refractivity contribution in [3.8, 4) is 0 Å². The third-order valence-corrected chi connectivity index (χ3v) is 5.30. The molecule has 1 amide bonds. The topological polar surface area (TPSA) is 55.1 Å². The molecule has 3 N–H and O–H groups in total. The van der Waals surface area contributed by atoms with Crippen LogP contribution in [0, 0.1) is 0 Å². The van der Waals surface area contributed by atoms with Gasteiger partial charge in [-0.3, -0.25) is 4.79 Å². The normalized spacial score (nSPS) is 11.8. The van der Waals surface area contributed by atoms with Gasteiger partial charge in [-0.2, -0.15) is 23.5 Å². The molecule has 0 bridgehead atoms. The lowest BCUT2D eigenvalue weighted by Gasteiger charge is -2.11. The monoisotopic (exact) mass is 384 g/mol. The van der Waals surface area contributed by atoms with Crippen LogP contribution in [0.2, 0.25) is 0 Å². The summed E-state index contributed by atoms with van der Waals surface area (Å²) in [5, 5.41) is 5.51. The smallest absolute Gasteiger partial charge is 0.236 e. The van der Waals surface area contributed by atoms with Crippen LogP contribution in [-0.4, -0.2) is 36.3 Å². The van der Waals surface area contributed by atoms with Crippen LogP contribution < -0.4 is 11.1 Å². The number of benzene rings is 2. The van der Waals surface area contributed by atoms with Gasteiger partial charge in [0, 0.05) is 18.1 Å². The molecule has 3 nitrogen and oxygen atoms in total. The number of fused-ring (bicyclic) bond motifs is 1. The van der Waals surface area contributed by atoms with Gasteiger partial charge in [-0.1, -0.05) is 42.5 Å². The number of nitrogens with two attached hydrogens (primary N) is 1.